The SMILES string of the molecule is Cc1cccc(OCCN(C)C(=O)CCNC(C)C)c1. The second kappa shape index (κ2) is 8.59. The molecular formula is C16H26N2O2. The molecule has 0 bridgehead atoms. The minimum Gasteiger partial charge on any atom is -0.492 e. The Bertz CT molecular complexity index is 419. The summed E-state index contributed by atoms with van der Waals surface area (Å²) in [7, 11) is 1.82. The number of amides is 1. The Kier molecular flexibility index (Phi) is 7.09. The Balaban J connectivity index is 2.22. The van der Waals surface area contributed by atoms with Gasteiger partial charge in [-0.2, -0.15) is 0 Å². The van der Waals surface area contributed by atoms with Gasteiger partial charge in [0.25, 0.3) is 0 Å². The predicted octanol–water partition coefficient (Wildman–Crippen LogP) is 2.22. The molecular weight excluding hydrogens is 252 g/mol. The van der Waals surface area contributed by atoms with Crippen LogP contribution in [0.1, 0.15) is 25.8 Å². The van der Waals surface area contributed by atoms with Gasteiger partial charge >= 0.3 is 0 Å². The fourth-order valence-corrected chi connectivity index (χ4v) is 1.79. The molecule has 0 saturated carbocycles. The van der Waals surface area contributed by atoms with Crippen LogP contribution in [0.25, 0.3) is 0 Å². The Morgan fingerprint density at radius 2 is 2.15 bits per heavy atom. The number of hydrogen-bond acceptors (Lipinski definition) is 3. The molecule has 0 aromatic heterocycles. The van der Waals surface area contributed by atoms with Crippen molar-refractivity contribution < 1.29 is 9.53 Å². The highest BCUT2D eigenvalue weighted by Gasteiger charge is 2.08. The van der Waals surface area contributed by atoms with Crippen LogP contribution in [0.2, 0.25) is 0 Å². The fourth-order valence-electron chi connectivity index (χ4n) is 1.79. The van der Waals surface area contributed by atoms with Gasteiger partial charge in [0.2, 0.25) is 5.91 Å². The predicted molar refractivity (Wildman–Crippen MR) is 82.1 cm³/mol. The first-order valence-electron chi connectivity index (χ1n) is 7.16. The van der Waals surface area contributed by atoms with Crippen molar-refractivity contribution in [3.63, 3.8) is 0 Å². The number of rotatable bonds is 8. The summed E-state index contributed by atoms with van der Waals surface area (Å²) in [6.07, 6.45) is 0.527. The molecule has 112 valence electrons. The van der Waals surface area contributed by atoms with E-state index in [0.29, 0.717) is 25.6 Å². The summed E-state index contributed by atoms with van der Waals surface area (Å²) in [5.74, 6) is 0.998. The van der Waals surface area contributed by atoms with Crippen molar-refractivity contribution >= 4 is 5.91 Å². The average molecular weight is 278 g/mol. The Morgan fingerprint density at radius 1 is 1.40 bits per heavy atom. The standard InChI is InChI=1S/C16H26N2O2/c1-13(2)17-9-8-16(19)18(4)10-11-20-15-7-5-6-14(3)12-15/h5-7,12-13,17H,8-11H2,1-4H3. The van der Waals surface area contributed by atoms with Gasteiger partial charge in [-0.3, -0.25) is 4.79 Å². The van der Waals surface area contributed by atoms with Gasteiger partial charge in [0.1, 0.15) is 12.4 Å². The van der Waals surface area contributed by atoms with E-state index in [1.165, 1.54) is 5.56 Å². The number of carbonyl (C=O) groups excluding carboxylic acids is 1. The monoisotopic (exact) mass is 278 g/mol. The summed E-state index contributed by atoms with van der Waals surface area (Å²) in [6, 6.07) is 8.34. The Hall–Kier alpha value is -1.55. The number of nitrogens with zero attached hydrogens (tertiary/aromatic N) is 1. The smallest absolute Gasteiger partial charge is 0.223 e. The van der Waals surface area contributed by atoms with Crippen molar-refractivity contribution in [1.82, 2.24) is 10.2 Å². The van der Waals surface area contributed by atoms with Gasteiger partial charge in [0, 0.05) is 26.1 Å². The van der Waals surface area contributed by atoms with Crippen LogP contribution < -0.4 is 10.1 Å². The summed E-state index contributed by atoms with van der Waals surface area (Å²) in [5, 5.41) is 3.24. The lowest BCUT2D eigenvalue weighted by molar-refractivity contribution is -0.130. The molecule has 0 aliphatic rings. The number of nitrogens with one attached hydrogen (secondary N) is 1. The van der Waals surface area contributed by atoms with Crippen LogP contribution >= 0.6 is 0 Å². The maximum atomic E-state index is 11.9. The highest BCUT2D eigenvalue weighted by atomic mass is 16.5. The average Bonchev–Trinajstić information content (AvgIpc) is 2.38. The van der Waals surface area contributed by atoms with E-state index in [1.807, 2.05) is 38.2 Å². The lowest BCUT2D eigenvalue weighted by Crippen LogP contribution is -2.34. The van der Waals surface area contributed by atoms with E-state index in [9.17, 15) is 4.79 Å². The molecule has 0 radical (unpaired) electrons. The van der Waals surface area contributed by atoms with E-state index < -0.39 is 0 Å². The molecule has 0 heterocycles. The molecule has 0 aliphatic heterocycles. The van der Waals surface area contributed by atoms with E-state index in [2.05, 4.69) is 19.2 Å². The molecule has 4 nitrogen and oxygen atoms in total. The maximum Gasteiger partial charge on any atom is 0.223 e. The van der Waals surface area contributed by atoms with Gasteiger partial charge in [-0.1, -0.05) is 26.0 Å². The van der Waals surface area contributed by atoms with E-state index in [-0.39, 0.29) is 5.91 Å². The van der Waals surface area contributed by atoms with Crippen LogP contribution in [0.4, 0.5) is 0 Å². The minimum absolute atomic E-state index is 0.144. The van der Waals surface area contributed by atoms with Gasteiger partial charge in [0.15, 0.2) is 0 Å². The molecule has 0 atom stereocenters. The zero-order chi connectivity index (χ0) is 15.0. The van der Waals surface area contributed by atoms with E-state index in [4.69, 9.17) is 4.74 Å². The molecule has 0 fully saturated rings. The summed E-state index contributed by atoms with van der Waals surface area (Å²) in [6.45, 7) is 8.02. The van der Waals surface area contributed by atoms with E-state index >= 15 is 0 Å². The number of hydrogen-bond donors (Lipinski definition) is 1. The minimum atomic E-state index is 0.144. The van der Waals surface area contributed by atoms with Crippen LogP contribution in [0.3, 0.4) is 0 Å². The van der Waals surface area contributed by atoms with Crippen LogP contribution in [0.15, 0.2) is 24.3 Å². The molecule has 1 aromatic rings. The molecule has 4 heteroatoms. The third kappa shape index (κ3) is 6.57. The van der Waals surface area contributed by atoms with Gasteiger partial charge in [-0.05, 0) is 24.6 Å². The number of benzene rings is 1. The summed E-state index contributed by atoms with van der Waals surface area (Å²) in [5.41, 5.74) is 1.17. The first-order chi connectivity index (χ1) is 9.49. The fraction of sp³-hybridized carbons (Fsp3) is 0.562. The molecule has 1 rings (SSSR count). The van der Waals surface area contributed by atoms with Crippen molar-refractivity contribution in [2.24, 2.45) is 0 Å². The topological polar surface area (TPSA) is 41.6 Å². The lowest BCUT2D eigenvalue weighted by Gasteiger charge is -2.18. The second-order valence-corrected chi connectivity index (χ2v) is 5.34. The van der Waals surface area contributed by atoms with Crippen molar-refractivity contribution in [1.29, 1.82) is 0 Å². The van der Waals surface area contributed by atoms with E-state index in [1.54, 1.807) is 4.90 Å². The molecule has 0 unspecified atom stereocenters. The van der Waals surface area contributed by atoms with Crippen LogP contribution in [-0.4, -0.2) is 43.6 Å². The van der Waals surface area contributed by atoms with Gasteiger partial charge in [-0.15, -0.1) is 0 Å². The second-order valence-electron chi connectivity index (χ2n) is 5.34. The summed E-state index contributed by atoms with van der Waals surface area (Å²) < 4.78 is 5.64. The molecule has 1 aromatic carbocycles. The maximum absolute atomic E-state index is 11.9. The zero-order valence-corrected chi connectivity index (χ0v) is 13.0. The number of ether oxygens (including phenoxy) is 1. The van der Waals surface area contributed by atoms with Crippen LogP contribution in [0, 0.1) is 6.92 Å². The van der Waals surface area contributed by atoms with Crippen LogP contribution in [0.5, 0.6) is 5.75 Å². The number of carbonyl (C=O) groups is 1. The molecule has 0 saturated heterocycles. The van der Waals surface area contributed by atoms with Gasteiger partial charge in [-0.25, -0.2) is 0 Å². The number of aryl methyl sites for hydroxylation is 1. The largest absolute Gasteiger partial charge is 0.492 e. The first-order valence-corrected chi connectivity index (χ1v) is 7.16. The third-order valence-electron chi connectivity index (χ3n) is 3.00. The molecule has 0 aliphatic carbocycles. The van der Waals surface area contributed by atoms with Crippen molar-refractivity contribution in [2.45, 2.75) is 33.2 Å². The van der Waals surface area contributed by atoms with Crippen molar-refractivity contribution in [2.75, 3.05) is 26.7 Å². The lowest BCUT2D eigenvalue weighted by atomic mass is 10.2. The highest BCUT2D eigenvalue weighted by Crippen LogP contribution is 2.12. The Labute approximate surface area is 122 Å². The third-order valence-corrected chi connectivity index (χ3v) is 3.00. The quantitative estimate of drug-likeness (QED) is 0.793. The summed E-state index contributed by atoms with van der Waals surface area (Å²) >= 11 is 0. The molecule has 20 heavy (non-hydrogen) atoms. The number of likely N-dealkylation sites (N-methyl/N-ethyl adjacent to an activating group) is 1. The van der Waals surface area contributed by atoms with Crippen molar-refractivity contribution in [3.8, 4) is 5.75 Å². The van der Waals surface area contributed by atoms with Crippen LogP contribution in [-0.2, 0) is 4.79 Å². The Morgan fingerprint density at radius 3 is 2.80 bits per heavy atom. The molecule has 0 spiro atoms. The van der Waals surface area contributed by atoms with Crippen molar-refractivity contribution in [3.05, 3.63) is 29.8 Å². The zero-order valence-electron chi connectivity index (χ0n) is 13.0. The van der Waals surface area contributed by atoms with Gasteiger partial charge in [0.05, 0.1) is 6.54 Å². The van der Waals surface area contributed by atoms with Gasteiger partial charge < -0.3 is 15.0 Å². The summed E-state index contributed by atoms with van der Waals surface area (Å²) in [4.78, 5) is 13.6. The molecule has 1 N–H and O–H groups in total. The van der Waals surface area contributed by atoms with E-state index in [0.717, 1.165) is 12.3 Å². The molecule has 1 amide bonds. The highest BCUT2D eigenvalue weighted by molar-refractivity contribution is 5.76. The first kappa shape index (κ1) is 16.5. The normalized spacial score (nSPS) is 10.7.